The Morgan fingerprint density at radius 3 is 2.23 bits per heavy atom. The van der Waals surface area contributed by atoms with Crippen molar-refractivity contribution in [3.05, 3.63) is 54.6 Å². The van der Waals surface area contributed by atoms with Crippen LogP contribution >= 0.6 is 0 Å². The molecule has 1 amide bonds. The smallest absolute Gasteiger partial charge is 0.410 e. The van der Waals surface area contributed by atoms with Gasteiger partial charge in [0.2, 0.25) is 0 Å². The van der Waals surface area contributed by atoms with Crippen LogP contribution in [0, 0.1) is 0 Å². The second-order valence-corrected chi connectivity index (χ2v) is 5.91. The fourth-order valence-electron chi connectivity index (χ4n) is 2.70. The Bertz CT molecular complexity index is 675. The summed E-state index contributed by atoms with van der Waals surface area (Å²) in [6, 6.07) is 14.0. The zero-order chi connectivity index (χ0) is 16.3. The molecule has 0 heterocycles. The zero-order valence-electron chi connectivity index (χ0n) is 13.7. The van der Waals surface area contributed by atoms with Crippen LogP contribution in [0.2, 0.25) is 0 Å². The zero-order valence-corrected chi connectivity index (χ0v) is 13.7. The minimum Gasteiger partial charge on any atom is -0.410 e. The number of ether oxygens (including phenoxy) is 1. The largest absolute Gasteiger partial charge is 0.415 e. The number of benzene rings is 2. The van der Waals surface area contributed by atoms with Crippen LogP contribution in [0.4, 0.5) is 4.79 Å². The highest BCUT2D eigenvalue weighted by atomic mass is 16.6. The van der Waals surface area contributed by atoms with Crippen molar-refractivity contribution in [2.24, 2.45) is 0 Å². The molecule has 2 aromatic carbocycles. The van der Waals surface area contributed by atoms with Gasteiger partial charge in [0.1, 0.15) is 5.76 Å². The van der Waals surface area contributed by atoms with Gasteiger partial charge in [0.05, 0.1) is 0 Å². The minimum absolute atomic E-state index is 0.0767. The summed E-state index contributed by atoms with van der Waals surface area (Å²) in [4.78, 5) is 14.1. The lowest BCUT2D eigenvalue weighted by Crippen LogP contribution is -2.42. The number of fused-ring (bicyclic) bond motifs is 1. The molecule has 0 saturated carbocycles. The molecule has 0 aliphatic carbocycles. The van der Waals surface area contributed by atoms with Gasteiger partial charge < -0.3 is 9.64 Å². The van der Waals surface area contributed by atoms with Crippen LogP contribution in [0.25, 0.3) is 16.5 Å². The van der Waals surface area contributed by atoms with Crippen molar-refractivity contribution in [1.29, 1.82) is 0 Å². The van der Waals surface area contributed by atoms with Gasteiger partial charge in [-0.1, -0.05) is 49.0 Å². The van der Waals surface area contributed by atoms with E-state index in [0.717, 1.165) is 16.3 Å². The van der Waals surface area contributed by atoms with Crippen molar-refractivity contribution in [3.63, 3.8) is 0 Å². The number of carbonyl (C=O) groups is 1. The van der Waals surface area contributed by atoms with Gasteiger partial charge in [0.25, 0.3) is 0 Å². The molecule has 22 heavy (non-hydrogen) atoms. The first-order chi connectivity index (χ1) is 10.4. The molecule has 0 bridgehead atoms. The van der Waals surface area contributed by atoms with Crippen molar-refractivity contribution in [2.75, 3.05) is 0 Å². The number of amides is 1. The predicted octanol–water partition coefficient (Wildman–Crippen LogP) is 5.07. The molecule has 0 N–H and O–H groups in total. The molecule has 0 aromatic heterocycles. The molecule has 116 valence electrons. The summed E-state index contributed by atoms with van der Waals surface area (Å²) in [7, 11) is 0. The van der Waals surface area contributed by atoms with Crippen LogP contribution < -0.4 is 0 Å². The van der Waals surface area contributed by atoms with E-state index in [0.29, 0.717) is 5.76 Å². The molecule has 0 fully saturated rings. The van der Waals surface area contributed by atoms with Crippen LogP contribution in [-0.4, -0.2) is 23.1 Å². The van der Waals surface area contributed by atoms with Crippen molar-refractivity contribution in [2.45, 2.75) is 39.8 Å². The summed E-state index contributed by atoms with van der Waals surface area (Å²) in [6.07, 6.45) is -0.358. The fourth-order valence-corrected chi connectivity index (χ4v) is 2.70. The molecule has 3 nitrogen and oxygen atoms in total. The van der Waals surface area contributed by atoms with E-state index in [9.17, 15) is 4.79 Å². The van der Waals surface area contributed by atoms with E-state index in [4.69, 9.17) is 4.74 Å². The lowest BCUT2D eigenvalue weighted by atomic mass is 10.0. The summed E-state index contributed by atoms with van der Waals surface area (Å²) < 4.78 is 5.52. The fraction of sp³-hybridized carbons (Fsp3) is 0.316. The Morgan fingerprint density at radius 1 is 1.00 bits per heavy atom. The second kappa shape index (κ2) is 6.65. The number of hydrogen-bond acceptors (Lipinski definition) is 2. The molecule has 0 aliphatic rings. The first kappa shape index (κ1) is 16.1. The Morgan fingerprint density at radius 2 is 1.59 bits per heavy atom. The highest BCUT2D eigenvalue weighted by Crippen LogP contribution is 2.25. The van der Waals surface area contributed by atoms with Gasteiger partial charge in [-0.15, -0.1) is 0 Å². The molecule has 0 atom stereocenters. The van der Waals surface area contributed by atoms with Gasteiger partial charge in [-0.25, -0.2) is 4.79 Å². The van der Waals surface area contributed by atoms with Gasteiger partial charge in [-0.2, -0.15) is 0 Å². The first-order valence-electron chi connectivity index (χ1n) is 7.59. The van der Waals surface area contributed by atoms with Crippen LogP contribution in [0.3, 0.4) is 0 Å². The maximum atomic E-state index is 12.4. The van der Waals surface area contributed by atoms with Crippen molar-refractivity contribution in [3.8, 4) is 0 Å². The number of rotatable bonds is 4. The van der Waals surface area contributed by atoms with Gasteiger partial charge >= 0.3 is 6.09 Å². The van der Waals surface area contributed by atoms with Gasteiger partial charge in [0, 0.05) is 17.6 Å². The maximum absolute atomic E-state index is 12.4. The second-order valence-electron chi connectivity index (χ2n) is 5.91. The van der Waals surface area contributed by atoms with E-state index in [-0.39, 0.29) is 18.2 Å². The Labute approximate surface area is 132 Å². The van der Waals surface area contributed by atoms with Gasteiger partial charge in [-0.05, 0) is 38.5 Å². The van der Waals surface area contributed by atoms with E-state index >= 15 is 0 Å². The van der Waals surface area contributed by atoms with E-state index in [1.807, 2.05) is 70.2 Å². The highest BCUT2D eigenvalue weighted by molar-refractivity contribution is 5.93. The van der Waals surface area contributed by atoms with Gasteiger partial charge in [-0.3, -0.25) is 0 Å². The van der Waals surface area contributed by atoms with E-state index in [2.05, 4.69) is 6.58 Å². The van der Waals surface area contributed by atoms with E-state index < -0.39 is 0 Å². The third kappa shape index (κ3) is 3.30. The molecule has 2 aromatic rings. The Balaban J connectivity index is 2.26. The Hall–Kier alpha value is -2.29. The summed E-state index contributed by atoms with van der Waals surface area (Å²) in [5, 5.41) is 2.13. The monoisotopic (exact) mass is 297 g/mol. The first-order valence-corrected chi connectivity index (χ1v) is 7.59. The summed E-state index contributed by atoms with van der Waals surface area (Å²) in [6.45, 7) is 11.8. The molecule has 0 radical (unpaired) electrons. The third-order valence-electron chi connectivity index (χ3n) is 3.62. The van der Waals surface area contributed by atoms with E-state index in [1.54, 1.807) is 4.90 Å². The average molecular weight is 297 g/mol. The minimum atomic E-state index is -0.358. The average Bonchev–Trinajstić information content (AvgIpc) is 2.45. The standard InChI is InChI=1S/C19H23NO2/c1-13(2)20(14(3)4)19(21)22-15(5)17-12-8-10-16-9-6-7-11-18(16)17/h6-14H,5H2,1-4H3. The summed E-state index contributed by atoms with van der Waals surface area (Å²) in [5.74, 6) is 0.383. The Kier molecular flexibility index (Phi) is 4.86. The van der Waals surface area contributed by atoms with Crippen LogP contribution in [0.15, 0.2) is 49.0 Å². The maximum Gasteiger partial charge on any atom is 0.415 e. The lowest BCUT2D eigenvalue weighted by Gasteiger charge is -2.29. The third-order valence-corrected chi connectivity index (χ3v) is 3.62. The highest BCUT2D eigenvalue weighted by Gasteiger charge is 2.23. The SMILES string of the molecule is C=C(OC(=O)N(C(C)C)C(C)C)c1cccc2ccccc12. The van der Waals surface area contributed by atoms with E-state index in [1.165, 1.54) is 0 Å². The van der Waals surface area contributed by atoms with Crippen LogP contribution in [-0.2, 0) is 4.74 Å². The quantitative estimate of drug-likeness (QED) is 0.738. The molecule has 2 rings (SSSR count). The summed E-state index contributed by atoms with van der Waals surface area (Å²) >= 11 is 0. The molecular formula is C19H23NO2. The number of carbonyl (C=O) groups excluding carboxylic acids is 1. The molecule has 0 unspecified atom stereocenters. The molecule has 0 saturated heterocycles. The van der Waals surface area contributed by atoms with Gasteiger partial charge in [0.15, 0.2) is 0 Å². The van der Waals surface area contributed by atoms with Crippen molar-refractivity contribution in [1.82, 2.24) is 4.90 Å². The molecule has 3 heteroatoms. The molecule has 0 aliphatic heterocycles. The number of nitrogens with zero attached hydrogens (tertiary/aromatic N) is 1. The van der Waals surface area contributed by atoms with Crippen LogP contribution in [0.1, 0.15) is 33.3 Å². The van der Waals surface area contributed by atoms with Crippen molar-refractivity contribution >= 4 is 22.6 Å². The van der Waals surface area contributed by atoms with Crippen molar-refractivity contribution < 1.29 is 9.53 Å². The molecular weight excluding hydrogens is 274 g/mol. The molecule has 0 spiro atoms. The number of hydrogen-bond donors (Lipinski definition) is 0. The lowest BCUT2D eigenvalue weighted by molar-refractivity contribution is 0.115. The topological polar surface area (TPSA) is 29.5 Å². The van der Waals surface area contributed by atoms with Crippen LogP contribution in [0.5, 0.6) is 0 Å². The predicted molar refractivity (Wildman–Crippen MR) is 91.6 cm³/mol. The summed E-state index contributed by atoms with van der Waals surface area (Å²) in [5.41, 5.74) is 0.846. The normalized spacial score (nSPS) is 11.0.